The summed E-state index contributed by atoms with van der Waals surface area (Å²) in [6.07, 6.45) is 8.06. The molecule has 4 heterocycles. The van der Waals surface area contributed by atoms with Crippen molar-refractivity contribution in [2.45, 2.75) is 26.7 Å². The second-order valence-corrected chi connectivity index (χ2v) is 7.51. The molecule has 25 heavy (non-hydrogen) atoms. The molecule has 1 saturated heterocycles. The van der Waals surface area contributed by atoms with E-state index in [1.807, 2.05) is 29.0 Å². The van der Waals surface area contributed by atoms with Gasteiger partial charge in [0, 0.05) is 30.4 Å². The zero-order chi connectivity index (χ0) is 17.4. The van der Waals surface area contributed by atoms with Crippen LogP contribution < -0.4 is 9.64 Å². The van der Waals surface area contributed by atoms with Crippen LogP contribution in [0.4, 0.5) is 5.82 Å². The van der Waals surface area contributed by atoms with Crippen LogP contribution in [-0.2, 0) is 0 Å². The Labute approximate surface area is 148 Å². The third-order valence-corrected chi connectivity index (χ3v) is 5.22. The molecular formula is C20H24N4O. The van der Waals surface area contributed by atoms with Gasteiger partial charge in [0.15, 0.2) is 0 Å². The lowest BCUT2D eigenvalue weighted by Crippen LogP contribution is -2.37. The lowest BCUT2D eigenvalue weighted by atomic mass is 9.83. The highest BCUT2D eigenvalue weighted by Crippen LogP contribution is 2.33. The van der Waals surface area contributed by atoms with Crippen LogP contribution in [-0.4, -0.2) is 34.8 Å². The van der Waals surface area contributed by atoms with Crippen LogP contribution in [0.25, 0.3) is 16.6 Å². The lowest BCUT2D eigenvalue weighted by Gasteiger charge is -2.37. The van der Waals surface area contributed by atoms with Crippen molar-refractivity contribution >= 4 is 11.3 Å². The fourth-order valence-corrected chi connectivity index (χ4v) is 3.42. The van der Waals surface area contributed by atoms with Crippen LogP contribution in [0.1, 0.15) is 26.7 Å². The maximum absolute atomic E-state index is 5.40. The first-order chi connectivity index (χ1) is 12.1. The van der Waals surface area contributed by atoms with Crippen molar-refractivity contribution in [2.24, 2.45) is 5.41 Å². The summed E-state index contributed by atoms with van der Waals surface area (Å²) in [5.74, 6) is 1.85. The van der Waals surface area contributed by atoms with Gasteiger partial charge in [-0.3, -0.25) is 0 Å². The molecule has 0 radical (unpaired) electrons. The predicted molar refractivity (Wildman–Crippen MR) is 100 cm³/mol. The maximum atomic E-state index is 5.40. The number of fused-ring (bicyclic) bond motifs is 1. The van der Waals surface area contributed by atoms with Crippen LogP contribution in [0, 0.1) is 5.41 Å². The van der Waals surface area contributed by atoms with E-state index in [-0.39, 0.29) is 0 Å². The Morgan fingerprint density at radius 1 is 1.12 bits per heavy atom. The van der Waals surface area contributed by atoms with E-state index < -0.39 is 0 Å². The Bertz CT molecular complexity index is 872. The molecule has 0 N–H and O–H groups in total. The molecule has 5 nitrogen and oxygen atoms in total. The van der Waals surface area contributed by atoms with E-state index in [0.717, 1.165) is 41.3 Å². The van der Waals surface area contributed by atoms with Crippen molar-refractivity contribution in [2.75, 3.05) is 25.1 Å². The molecule has 0 amide bonds. The molecule has 1 aliphatic heterocycles. The van der Waals surface area contributed by atoms with Gasteiger partial charge in [-0.25, -0.2) is 9.50 Å². The molecule has 0 aliphatic carbocycles. The Morgan fingerprint density at radius 2 is 1.92 bits per heavy atom. The molecule has 5 heteroatoms. The number of hydrogen-bond donors (Lipinski definition) is 0. The van der Waals surface area contributed by atoms with Crippen LogP contribution in [0.5, 0.6) is 5.75 Å². The number of anilines is 1. The van der Waals surface area contributed by atoms with Crippen molar-refractivity contribution in [1.82, 2.24) is 14.6 Å². The summed E-state index contributed by atoms with van der Waals surface area (Å²) in [4.78, 5) is 7.11. The molecule has 0 spiro atoms. The molecular weight excluding hydrogens is 312 g/mol. The molecule has 0 aromatic carbocycles. The van der Waals surface area contributed by atoms with E-state index in [9.17, 15) is 0 Å². The normalized spacial score (nSPS) is 17.0. The zero-order valence-corrected chi connectivity index (χ0v) is 15.1. The van der Waals surface area contributed by atoms with Crippen molar-refractivity contribution in [3.05, 3.63) is 42.9 Å². The molecule has 1 aliphatic rings. The minimum absolute atomic E-state index is 0.449. The van der Waals surface area contributed by atoms with E-state index in [0.29, 0.717) is 5.41 Å². The molecule has 0 atom stereocenters. The number of ether oxygens (including phenoxy) is 1. The molecule has 130 valence electrons. The SMILES string of the molecule is COc1cc(-c2ccc(N3CCC(C)(C)CC3)nc2)c2ccnn2c1. The Kier molecular flexibility index (Phi) is 3.86. The van der Waals surface area contributed by atoms with Gasteiger partial charge < -0.3 is 9.64 Å². The minimum atomic E-state index is 0.449. The Morgan fingerprint density at radius 3 is 2.60 bits per heavy atom. The summed E-state index contributed by atoms with van der Waals surface area (Å²) in [5, 5.41) is 4.33. The first-order valence-corrected chi connectivity index (χ1v) is 8.78. The topological polar surface area (TPSA) is 42.7 Å². The maximum Gasteiger partial charge on any atom is 0.137 e. The van der Waals surface area contributed by atoms with Crippen LogP contribution in [0.2, 0.25) is 0 Å². The van der Waals surface area contributed by atoms with Gasteiger partial charge in [-0.05, 0) is 42.5 Å². The van der Waals surface area contributed by atoms with E-state index in [1.54, 1.807) is 13.3 Å². The third kappa shape index (κ3) is 3.06. The Hall–Kier alpha value is -2.56. The third-order valence-electron chi connectivity index (χ3n) is 5.22. The highest BCUT2D eigenvalue weighted by atomic mass is 16.5. The summed E-state index contributed by atoms with van der Waals surface area (Å²) < 4.78 is 7.24. The molecule has 3 aromatic heterocycles. The summed E-state index contributed by atoms with van der Waals surface area (Å²) in [6.45, 7) is 6.84. The monoisotopic (exact) mass is 336 g/mol. The summed E-state index contributed by atoms with van der Waals surface area (Å²) >= 11 is 0. The van der Waals surface area contributed by atoms with Gasteiger partial charge in [0.25, 0.3) is 0 Å². The smallest absolute Gasteiger partial charge is 0.137 e. The van der Waals surface area contributed by atoms with Gasteiger partial charge in [0.05, 0.1) is 25.0 Å². The number of rotatable bonds is 3. The molecule has 4 rings (SSSR count). The summed E-state index contributed by atoms with van der Waals surface area (Å²) in [6, 6.07) is 8.32. The van der Waals surface area contributed by atoms with E-state index >= 15 is 0 Å². The van der Waals surface area contributed by atoms with Gasteiger partial charge in [0.1, 0.15) is 11.6 Å². The Balaban J connectivity index is 1.64. The number of piperidine rings is 1. The summed E-state index contributed by atoms with van der Waals surface area (Å²) in [5.41, 5.74) is 3.65. The van der Waals surface area contributed by atoms with E-state index in [1.165, 1.54) is 12.8 Å². The van der Waals surface area contributed by atoms with Crippen LogP contribution in [0.3, 0.4) is 0 Å². The first-order valence-electron chi connectivity index (χ1n) is 8.78. The summed E-state index contributed by atoms with van der Waals surface area (Å²) in [7, 11) is 1.67. The highest BCUT2D eigenvalue weighted by molar-refractivity contribution is 5.81. The molecule has 0 bridgehead atoms. The fourth-order valence-electron chi connectivity index (χ4n) is 3.42. The average Bonchev–Trinajstić information content (AvgIpc) is 3.09. The van der Waals surface area contributed by atoms with Crippen LogP contribution in [0.15, 0.2) is 42.9 Å². The largest absolute Gasteiger partial charge is 0.495 e. The fraction of sp³-hybridized carbons (Fsp3) is 0.400. The van der Waals surface area contributed by atoms with Crippen molar-refractivity contribution < 1.29 is 4.74 Å². The van der Waals surface area contributed by atoms with Gasteiger partial charge in [-0.2, -0.15) is 5.10 Å². The quantitative estimate of drug-likeness (QED) is 0.724. The van der Waals surface area contributed by atoms with Gasteiger partial charge in [-0.15, -0.1) is 0 Å². The van der Waals surface area contributed by atoms with Crippen molar-refractivity contribution in [3.63, 3.8) is 0 Å². The lowest BCUT2D eigenvalue weighted by molar-refractivity contribution is 0.279. The molecule has 0 saturated carbocycles. The highest BCUT2D eigenvalue weighted by Gasteiger charge is 2.25. The number of methoxy groups -OCH3 is 1. The number of aromatic nitrogens is 3. The number of pyridine rings is 2. The molecule has 1 fully saturated rings. The molecule has 3 aromatic rings. The standard InChI is InChI=1S/C20H24N4O/c1-20(2)7-10-23(11-8-20)19-5-4-15(13-21-19)17-12-16(25-3)14-24-18(17)6-9-22-24/h4-6,9,12-14H,7-8,10-11H2,1-3H3. The predicted octanol–water partition coefficient (Wildman–Crippen LogP) is 4.03. The van der Waals surface area contributed by atoms with Crippen LogP contribution >= 0.6 is 0 Å². The molecule has 0 unspecified atom stereocenters. The average molecular weight is 336 g/mol. The second kappa shape index (κ2) is 6.06. The second-order valence-electron chi connectivity index (χ2n) is 7.51. The first kappa shape index (κ1) is 15.9. The minimum Gasteiger partial charge on any atom is -0.495 e. The van der Waals surface area contributed by atoms with Gasteiger partial charge in [0.2, 0.25) is 0 Å². The number of hydrogen-bond acceptors (Lipinski definition) is 4. The number of nitrogens with zero attached hydrogens (tertiary/aromatic N) is 4. The van der Waals surface area contributed by atoms with E-state index in [2.05, 4.69) is 36.0 Å². The van der Waals surface area contributed by atoms with Gasteiger partial charge >= 0.3 is 0 Å². The van der Waals surface area contributed by atoms with Crippen molar-refractivity contribution in [3.8, 4) is 16.9 Å². The van der Waals surface area contributed by atoms with Crippen molar-refractivity contribution in [1.29, 1.82) is 0 Å². The van der Waals surface area contributed by atoms with E-state index in [4.69, 9.17) is 9.72 Å². The van der Waals surface area contributed by atoms with Gasteiger partial charge in [-0.1, -0.05) is 13.8 Å². The zero-order valence-electron chi connectivity index (χ0n) is 15.1.